The second-order valence-electron chi connectivity index (χ2n) is 4.78. The number of anilines is 1. The first-order valence-corrected chi connectivity index (χ1v) is 6.72. The summed E-state index contributed by atoms with van der Waals surface area (Å²) in [6.07, 6.45) is 5.56. The number of rotatable bonds is 4. The Kier molecular flexibility index (Phi) is 3.63. The maximum atomic E-state index is 5.25. The van der Waals surface area contributed by atoms with Gasteiger partial charge in [0.2, 0.25) is 0 Å². The number of methoxy groups -OCH3 is 1. The summed E-state index contributed by atoms with van der Waals surface area (Å²) < 4.78 is 5.25. The quantitative estimate of drug-likeness (QED) is 0.854. The van der Waals surface area contributed by atoms with E-state index in [1.165, 1.54) is 11.3 Å². The van der Waals surface area contributed by atoms with Crippen molar-refractivity contribution in [3.8, 4) is 5.75 Å². The zero-order valence-electron chi connectivity index (χ0n) is 11.5. The van der Waals surface area contributed by atoms with Crippen LogP contribution in [0.25, 0.3) is 0 Å². The Hall–Kier alpha value is -2.36. The highest BCUT2D eigenvalue weighted by atomic mass is 16.5. The molecule has 1 aliphatic heterocycles. The fourth-order valence-electron chi connectivity index (χ4n) is 2.33. The van der Waals surface area contributed by atoms with Crippen LogP contribution in [0.2, 0.25) is 0 Å². The van der Waals surface area contributed by atoms with Gasteiger partial charge in [0.05, 0.1) is 12.8 Å². The summed E-state index contributed by atoms with van der Waals surface area (Å²) >= 11 is 0. The van der Waals surface area contributed by atoms with Gasteiger partial charge in [0.15, 0.2) is 0 Å². The van der Waals surface area contributed by atoms with Gasteiger partial charge in [-0.2, -0.15) is 5.10 Å². The Morgan fingerprint density at radius 3 is 3.00 bits per heavy atom. The van der Waals surface area contributed by atoms with Crippen molar-refractivity contribution in [2.75, 3.05) is 18.7 Å². The average molecular weight is 267 g/mol. The van der Waals surface area contributed by atoms with Gasteiger partial charge in [0, 0.05) is 43.6 Å². The fourth-order valence-corrected chi connectivity index (χ4v) is 2.33. The summed E-state index contributed by atoms with van der Waals surface area (Å²) in [7, 11) is 1.68. The molecule has 3 rings (SSSR count). The topological polar surface area (TPSA) is 37.7 Å². The largest absolute Gasteiger partial charge is 0.497 e. The predicted molar refractivity (Wildman–Crippen MR) is 80.3 cm³/mol. The molecule has 0 N–H and O–H groups in total. The number of nitrogens with zero attached hydrogens (tertiary/aromatic N) is 3. The van der Waals surface area contributed by atoms with Crippen molar-refractivity contribution in [1.29, 1.82) is 0 Å². The van der Waals surface area contributed by atoms with Crippen LogP contribution in [0.1, 0.15) is 12.0 Å². The standard InChI is InChI=1S/C16H17N3O/c1-20-16-6-2-5-15(11-16)19-9-7-14(18-19)10-13-4-3-8-17-12-13/h2-6,8,11-12H,7,9-10H2,1H3. The van der Waals surface area contributed by atoms with Crippen LogP contribution in [0.5, 0.6) is 5.75 Å². The third-order valence-corrected chi connectivity index (χ3v) is 3.36. The second-order valence-corrected chi connectivity index (χ2v) is 4.78. The van der Waals surface area contributed by atoms with E-state index < -0.39 is 0 Å². The molecule has 0 bridgehead atoms. The molecule has 0 saturated carbocycles. The molecule has 1 aromatic heterocycles. The smallest absolute Gasteiger partial charge is 0.120 e. The Labute approximate surface area is 118 Å². The second kappa shape index (κ2) is 5.74. The average Bonchev–Trinajstić information content (AvgIpc) is 2.97. The van der Waals surface area contributed by atoms with Crippen LogP contribution in [0.3, 0.4) is 0 Å². The molecule has 1 aliphatic rings. The van der Waals surface area contributed by atoms with Crippen LogP contribution < -0.4 is 9.75 Å². The van der Waals surface area contributed by atoms with Crippen LogP contribution in [-0.2, 0) is 6.42 Å². The van der Waals surface area contributed by atoms with E-state index in [0.717, 1.165) is 30.8 Å². The fraction of sp³-hybridized carbons (Fsp3) is 0.250. The SMILES string of the molecule is COc1cccc(N2CCC(Cc3cccnc3)=N2)c1. The third kappa shape index (κ3) is 2.79. The first kappa shape index (κ1) is 12.7. The first-order valence-electron chi connectivity index (χ1n) is 6.72. The summed E-state index contributed by atoms with van der Waals surface area (Å²) in [5, 5.41) is 6.73. The molecular formula is C16H17N3O. The van der Waals surface area contributed by atoms with Gasteiger partial charge in [-0.05, 0) is 23.8 Å². The van der Waals surface area contributed by atoms with Crippen LogP contribution in [0.4, 0.5) is 5.69 Å². The van der Waals surface area contributed by atoms with Gasteiger partial charge < -0.3 is 4.74 Å². The van der Waals surface area contributed by atoms with E-state index in [1.807, 2.05) is 35.5 Å². The molecule has 4 heteroatoms. The van der Waals surface area contributed by atoms with Gasteiger partial charge >= 0.3 is 0 Å². The molecule has 0 unspecified atom stereocenters. The van der Waals surface area contributed by atoms with Crippen LogP contribution >= 0.6 is 0 Å². The van der Waals surface area contributed by atoms with E-state index in [4.69, 9.17) is 9.84 Å². The molecule has 2 heterocycles. The highest BCUT2D eigenvalue weighted by Crippen LogP contribution is 2.24. The molecule has 0 aliphatic carbocycles. The molecule has 0 saturated heterocycles. The maximum absolute atomic E-state index is 5.25. The normalized spacial score (nSPS) is 14.2. The predicted octanol–water partition coefficient (Wildman–Crippen LogP) is 2.90. The highest BCUT2D eigenvalue weighted by molar-refractivity contribution is 5.89. The Balaban J connectivity index is 1.74. The number of ether oxygens (including phenoxy) is 1. The van der Waals surface area contributed by atoms with Gasteiger partial charge in [-0.1, -0.05) is 12.1 Å². The van der Waals surface area contributed by atoms with Gasteiger partial charge in [-0.15, -0.1) is 0 Å². The summed E-state index contributed by atoms with van der Waals surface area (Å²) in [5.41, 5.74) is 3.48. The molecule has 0 amide bonds. The number of benzene rings is 1. The monoisotopic (exact) mass is 267 g/mol. The van der Waals surface area contributed by atoms with Crippen molar-refractivity contribution in [3.63, 3.8) is 0 Å². The van der Waals surface area contributed by atoms with Gasteiger partial charge in [-0.25, -0.2) is 0 Å². The lowest BCUT2D eigenvalue weighted by molar-refractivity contribution is 0.415. The molecule has 2 aromatic rings. The lowest BCUT2D eigenvalue weighted by Gasteiger charge is -2.14. The van der Waals surface area contributed by atoms with E-state index in [0.29, 0.717) is 0 Å². The van der Waals surface area contributed by atoms with Gasteiger partial charge in [0.25, 0.3) is 0 Å². The summed E-state index contributed by atoms with van der Waals surface area (Å²) in [5.74, 6) is 0.860. The van der Waals surface area contributed by atoms with Crippen LogP contribution in [-0.4, -0.2) is 24.4 Å². The van der Waals surface area contributed by atoms with Crippen molar-refractivity contribution < 1.29 is 4.74 Å². The van der Waals surface area contributed by atoms with E-state index in [-0.39, 0.29) is 0 Å². The zero-order valence-corrected chi connectivity index (χ0v) is 11.5. The number of aromatic nitrogens is 1. The molecule has 0 atom stereocenters. The minimum atomic E-state index is 0.860. The minimum absolute atomic E-state index is 0.860. The first-order chi connectivity index (χ1) is 9.85. The number of hydrogen-bond acceptors (Lipinski definition) is 4. The van der Waals surface area contributed by atoms with Crippen LogP contribution in [0.15, 0.2) is 53.9 Å². The molecule has 20 heavy (non-hydrogen) atoms. The van der Waals surface area contributed by atoms with Crippen molar-refractivity contribution in [3.05, 3.63) is 54.4 Å². The Morgan fingerprint density at radius 2 is 2.20 bits per heavy atom. The molecule has 102 valence electrons. The summed E-state index contributed by atoms with van der Waals surface area (Å²) in [6, 6.07) is 12.0. The van der Waals surface area contributed by atoms with Gasteiger partial charge in [-0.3, -0.25) is 9.99 Å². The third-order valence-electron chi connectivity index (χ3n) is 3.36. The molecule has 0 radical (unpaired) electrons. The molecule has 0 fully saturated rings. The highest BCUT2D eigenvalue weighted by Gasteiger charge is 2.16. The van der Waals surface area contributed by atoms with E-state index in [2.05, 4.69) is 17.1 Å². The minimum Gasteiger partial charge on any atom is -0.497 e. The van der Waals surface area contributed by atoms with Gasteiger partial charge in [0.1, 0.15) is 5.75 Å². The van der Waals surface area contributed by atoms with Crippen LogP contribution in [0, 0.1) is 0 Å². The number of hydrogen-bond donors (Lipinski definition) is 0. The van der Waals surface area contributed by atoms with Crippen molar-refractivity contribution >= 4 is 11.4 Å². The zero-order chi connectivity index (χ0) is 13.8. The van der Waals surface area contributed by atoms with E-state index in [1.54, 1.807) is 13.3 Å². The van der Waals surface area contributed by atoms with Crippen molar-refractivity contribution in [2.24, 2.45) is 5.10 Å². The Bertz CT molecular complexity index is 610. The van der Waals surface area contributed by atoms with Crippen molar-refractivity contribution in [2.45, 2.75) is 12.8 Å². The summed E-state index contributed by atoms with van der Waals surface area (Å²) in [4.78, 5) is 4.14. The molecule has 1 aromatic carbocycles. The summed E-state index contributed by atoms with van der Waals surface area (Å²) in [6.45, 7) is 0.919. The lowest BCUT2D eigenvalue weighted by Crippen LogP contribution is -2.11. The lowest BCUT2D eigenvalue weighted by atomic mass is 10.1. The van der Waals surface area contributed by atoms with E-state index in [9.17, 15) is 0 Å². The number of hydrazone groups is 1. The maximum Gasteiger partial charge on any atom is 0.120 e. The number of pyridine rings is 1. The molecule has 0 spiro atoms. The molecule has 4 nitrogen and oxygen atoms in total. The molecular weight excluding hydrogens is 250 g/mol. The van der Waals surface area contributed by atoms with E-state index >= 15 is 0 Å². The Morgan fingerprint density at radius 1 is 1.25 bits per heavy atom. The van der Waals surface area contributed by atoms with Crippen molar-refractivity contribution in [1.82, 2.24) is 4.98 Å².